The lowest BCUT2D eigenvalue weighted by molar-refractivity contribution is -0.175. The number of nitrogens with one attached hydrogen (secondary N) is 1. The third kappa shape index (κ3) is 6.77. The van der Waals surface area contributed by atoms with E-state index in [9.17, 15) is 17.6 Å². The van der Waals surface area contributed by atoms with Crippen LogP contribution in [0.15, 0.2) is 18.2 Å². The van der Waals surface area contributed by atoms with Crippen molar-refractivity contribution >= 4 is 0 Å². The van der Waals surface area contributed by atoms with E-state index >= 15 is 0 Å². The highest BCUT2D eigenvalue weighted by Crippen LogP contribution is 2.26. The molecule has 1 rings (SSSR count). The first kappa shape index (κ1) is 17.7. The standard InChI is InChI=1S/C14H19F4NO2/c1-3-19-10(2)12-8-11(15)4-5-13(12)21-7-6-20-9-14(16,17)18/h4-5,8,10,19H,3,6-7,9H2,1-2H3. The van der Waals surface area contributed by atoms with E-state index in [1.807, 2.05) is 13.8 Å². The second-order valence-electron chi connectivity index (χ2n) is 4.48. The minimum Gasteiger partial charge on any atom is -0.491 e. The van der Waals surface area contributed by atoms with Crippen LogP contribution in [0.2, 0.25) is 0 Å². The van der Waals surface area contributed by atoms with E-state index in [2.05, 4.69) is 10.1 Å². The van der Waals surface area contributed by atoms with Crippen LogP contribution in [0.1, 0.15) is 25.5 Å². The molecule has 1 aromatic rings. The number of ether oxygens (including phenoxy) is 2. The molecular weight excluding hydrogens is 290 g/mol. The maximum atomic E-state index is 13.3. The van der Waals surface area contributed by atoms with Gasteiger partial charge in [-0.05, 0) is 31.7 Å². The Morgan fingerprint density at radius 3 is 2.57 bits per heavy atom. The summed E-state index contributed by atoms with van der Waals surface area (Å²) in [5, 5.41) is 3.12. The highest BCUT2D eigenvalue weighted by atomic mass is 19.4. The SMILES string of the molecule is CCNC(C)c1cc(F)ccc1OCCOCC(F)(F)F. The maximum Gasteiger partial charge on any atom is 0.411 e. The fourth-order valence-electron chi connectivity index (χ4n) is 1.80. The monoisotopic (exact) mass is 309 g/mol. The lowest BCUT2D eigenvalue weighted by Gasteiger charge is -2.18. The number of alkyl halides is 3. The predicted molar refractivity (Wildman–Crippen MR) is 70.9 cm³/mol. The van der Waals surface area contributed by atoms with Crippen LogP contribution in [0.3, 0.4) is 0 Å². The number of hydrogen-bond donors (Lipinski definition) is 1. The second-order valence-corrected chi connectivity index (χ2v) is 4.48. The van der Waals surface area contributed by atoms with Crippen LogP contribution in [0.4, 0.5) is 17.6 Å². The molecule has 0 aliphatic heterocycles. The first-order valence-corrected chi connectivity index (χ1v) is 6.63. The number of benzene rings is 1. The van der Waals surface area contributed by atoms with E-state index in [0.717, 1.165) is 0 Å². The van der Waals surface area contributed by atoms with Crippen molar-refractivity contribution in [1.82, 2.24) is 5.32 Å². The van der Waals surface area contributed by atoms with Crippen LogP contribution in [-0.4, -0.2) is 32.5 Å². The van der Waals surface area contributed by atoms with Crippen molar-refractivity contribution in [3.8, 4) is 5.75 Å². The lowest BCUT2D eigenvalue weighted by Crippen LogP contribution is -2.21. The van der Waals surface area contributed by atoms with E-state index in [0.29, 0.717) is 17.9 Å². The zero-order valence-corrected chi connectivity index (χ0v) is 12.0. The molecule has 1 N–H and O–H groups in total. The third-order valence-corrected chi connectivity index (χ3v) is 2.70. The molecule has 1 aromatic carbocycles. The molecular formula is C14H19F4NO2. The molecule has 0 fully saturated rings. The fraction of sp³-hybridized carbons (Fsp3) is 0.571. The fourth-order valence-corrected chi connectivity index (χ4v) is 1.80. The predicted octanol–water partition coefficient (Wildman–Crippen LogP) is 3.45. The summed E-state index contributed by atoms with van der Waals surface area (Å²) in [5.41, 5.74) is 0.618. The van der Waals surface area contributed by atoms with Crippen LogP contribution in [0, 0.1) is 5.82 Å². The number of halogens is 4. The Morgan fingerprint density at radius 2 is 1.95 bits per heavy atom. The average molecular weight is 309 g/mol. The van der Waals surface area contributed by atoms with E-state index in [-0.39, 0.29) is 19.3 Å². The van der Waals surface area contributed by atoms with Crippen LogP contribution in [0.25, 0.3) is 0 Å². The first-order valence-electron chi connectivity index (χ1n) is 6.63. The molecule has 0 saturated carbocycles. The van der Waals surface area contributed by atoms with Crippen molar-refractivity contribution in [3.05, 3.63) is 29.6 Å². The molecule has 3 nitrogen and oxygen atoms in total. The summed E-state index contributed by atoms with van der Waals surface area (Å²) < 4.78 is 58.8. The Bertz CT molecular complexity index is 437. The summed E-state index contributed by atoms with van der Waals surface area (Å²) in [4.78, 5) is 0. The molecule has 0 saturated heterocycles. The van der Waals surface area contributed by atoms with Gasteiger partial charge in [-0.2, -0.15) is 13.2 Å². The average Bonchev–Trinajstić information content (AvgIpc) is 2.38. The van der Waals surface area contributed by atoms with E-state index in [4.69, 9.17) is 4.74 Å². The van der Waals surface area contributed by atoms with Gasteiger partial charge in [-0.25, -0.2) is 4.39 Å². The van der Waals surface area contributed by atoms with Crippen molar-refractivity contribution in [2.75, 3.05) is 26.4 Å². The molecule has 0 amide bonds. The van der Waals surface area contributed by atoms with E-state index in [1.165, 1.54) is 18.2 Å². The largest absolute Gasteiger partial charge is 0.491 e. The van der Waals surface area contributed by atoms with Crippen molar-refractivity contribution in [2.45, 2.75) is 26.1 Å². The molecule has 0 bridgehead atoms. The van der Waals surface area contributed by atoms with Gasteiger partial charge in [0.15, 0.2) is 0 Å². The quantitative estimate of drug-likeness (QED) is 0.589. The normalized spacial score (nSPS) is 13.2. The highest BCUT2D eigenvalue weighted by Gasteiger charge is 2.27. The molecule has 0 aliphatic carbocycles. The van der Waals surface area contributed by atoms with Gasteiger partial charge in [-0.3, -0.25) is 0 Å². The smallest absolute Gasteiger partial charge is 0.411 e. The molecule has 0 heterocycles. The first-order chi connectivity index (χ1) is 9.83. The van der Waals surface area contributed by atoms with Gasteiger partial charge in [-0.15, -0.1) is 0 Å². The van der Waals surface area contributed by atoms with E-state index in [1.54, 1.807) is 0 Å². The van der Waals surface area contributed by atoms with Gasteiger partial charge in [0.25, 0.3) is 0 Å². The van der Waals surface area contributed by atoms with Gasteiger partial charge in [0.2, 0.25) is 0 Å². The van der Waals surface area contributed by atoms with Crippen LogP contribution >= 0.6 is 0 Å². The number of hydrogen-bond acceptors (Lipinski definition) is 3. The summed E-state index contributed by atoms with van der Waals surface area (Å²) in [5.74, 6) is 0.0379. The van der Waals surface area contributed by atoms with Crippen molar-refractivity contribution in [1.29, 1.82) is 0 Å². The van der Waals surface area contributed by atoms with Gasteiger partial charge < -0.3 is 14.8 Å². The molecule has 0 spiro atoms. The third-order valence-electron chi connectivity index (χ3n) is 2.70. The van der Waals surface area contributed by atoms with Crippen LogP contribution < -0.4 is 10.1 Å². The topological polar surface area (TPSA) is 30.5 Å². The summed E-state index contributed by atoms with van der Waals surface area (Å²) in [6, 6.07) is 3.92. The molecule has 0 aliphatic rings. The maximum absolute atomic E-state index is 13.3. The zero-order valence-electron chi connectivity index (χ0n) is 12.0. The number of rotatable bonds is 8. The van der Waals surface area contributed by atoms with Crippen molar-refractivity contribution in [2.24, 2.45) is 0 Å². The van der Waals surface area contributed by atoms with Gasteiger partial charge >= 0.3 is 6.18 Å². The summed E-state index contributed by atoms with van der Waals surface area (Å²) >= 11 is 0. The molecule has 1 unspecified atom stereocenters. The Kier molecular flexibility index (Phi) is 6.91. The van der Waals surface area contributed by atoms with Gasteiger partial charge in [-0.1, -0.05) is 6.92 Å². The van der Waals surface area contributed by atoms with E-state index < -0.39 is 18.6 Å². The van der Waals surface area contributed by atoms with Crippen LogP contribution in [-0.2, 0) is 4.74 Å². The molecule has 1 atom stereocenters. The Balaban J connectivity index is 2.54. The summed E-state index contributed by atoms with van der Waals surface area (Å²) in [7, 11) is 0. The minimum atomic E-state index is -4.35. The van der Waals surface area contributed by atoms with Gasteiger partial charge in [0, 0.05) is 11.6 Å². The molecule has 120 valence electrons. The summed E-state index contributed by atoms with van der Waals surface area (Å²) in [6.45, 7) is 2.94. The van der Waals surface area contributed by atoms with Crippen molar-refractivity contribution in [3.63, 3.8) is 0 Å². The summed E-state index contributed by atoms with van der Waals surface area (Å²) in [6.07, 6.45) is -4.35. The Morgan fingerprint density at radius 1 is 1.24 bits per heavy atom. The molecule has 7 heteroatoms. The van der Waals surface area contributed by atoms with Gasteiger partial charge in [0.1, 0.15) is 24.8 Å². The van der Waals surface area contributed by atoms with Crippen molar-refractivity contribution < 1.29 is 27.0 Å². The Labute approximate surface area is 121 Å². The molecule has 0 radical (unpaired) electrons. The zero-order chi connectivity index (χ0) is 15.9. The Hall–Kier alpha value is -1.34. The van der Waals surface area contributed by atoms with Gasteiger partial charge in [0.05, 0.1) is 6.61 Å². The van der Waals surface area contributed by atoms with Crippen LogP contribution in [0.5, 0.6) is 5.75 Å². The molecule has 21 heavy (non-hydrogen) atoms. The highest BCUT2D eigenvalue weighted by molar-refractivity contribution is 5.36. The lowest BCUT2D eigenvalue weighted by atomic mass is 10.1. The molecule has 0 aromatic heterocycles. The minimum absolute atomic E-state index is 0.0342. The second kappa shape index (κ2) is 8.19.